The zero-order valence-corrected chi connectivity index (χ0v) is 47.4. The van der Waals surface area contributed by atoms with E-state index in [0.29, 0.717) is 63.2 Å². The van der Waals surface area contributed by atoms with Gasteiger partial charge >= 0.3 is 5.69 Å². The van der Waals surface area contributed by atoms with E-state index in [0.717, 1.165) is 98.6 Å². The standard InChI is InChI=1S/C60H70FN9O10S/c1-36(2)42-9-7-8-10-43(42)47-33-67(32-39-11-14-51(77-5)54-45(39)25-37(3)79-54)22-17-49(47)69-34-60(35-69)20-23-68(24-21-60)40-12-13-44(52(26-40)80-53-28-46-48(61)31-64-55(46)65-58(53)78-6)57(71)66-81(75,76)41-27-50(70(73)74)56(63-30-41)62-29-38-15-18-59(4,72)19-16-38/h7-14,25-28,30-31,36,38,47,49,72H,15-24,29,32-35H2,1-6H3,(H,62,63)(H,64,65)(H,66,71). The first kappa shape index (κ1) is 55.6. The molecule has 4 N–H and O–H groups in total. The van der Waals surface area contributed by atoms with Gasteiger partial charge in [-0.3, -0.25) is 24.7 Å². The number of aliphatic hydroxyl groups is 1. The molecule has 7 heterocycles. The Kier molecular flexibility index (Phi) is 15.2. The van der Waals surface area contributed by atoms with E-state index in [2.05, 4.69) is 89.9 Å². The third kappa shape index (κ3) is 11.4. The highest BCUT2D eigenvalue weighted by Gasteiger charge is 2.50. The van der Waals surface area contributed by atoms with Crippen molar-refractivity contribution in [1.29, 1.82) is 0 Å². The van der Waals surface area contributed by atoms with Crippen molar-refractivity contribution in [2.45, 2.75) is 108 Å². The number of methoxy groups -OCH3 is 2. The van der Waals surface area contributed by atoms with Crippen molar-refractivity contribution in [3.8, 4) is 23.1 Å². The number of aromatic amines is 1. The molecule has 21 heteroatoms. The van der Waals surface area contributed by atoms with Crippen LogP contribution in [0, 0.1) is 34.2 Å². The number of hydrogen-bond donors (Lipinski definition) is 4. The quantitative estimate of drug-likeness (QED) is 0.0491. The second-order valence-corrected chi connectivity index (χ2v) is 24.9. The van der Waals surface area contributed by atoms with E-state index in [9.17, 15) is 32.8 Å². The topological polar surface area (TPSA) is 231 Å². The number of anilines is 2. The highest BCUT2D eigenvalue weighted by Crippen LogP contribution is 2.48. The van der Waals surface area contributed by atoms with Crippen molar-refractivity contribution in [3.05, 3.63) is 129 Å². The summed E-state index contributed by atoms with van der Waals surface area (Å²) in [6.45, 7) is 14.7. The summed E-state index contributed by atoms with van der Waals surface area (Å²) >= 11 is 0. The Hall–Kier alpha value is -7.33. The number of nitrogens with one attached hydrogen (secondary N) is 3. The highest BCUT2D eigenvalue weighted by atomic mass is 32.2. The van der Waals surface area contributed by atoms with Crippen molar-refractivity contribution >= 4 is 55.1 Å². The number of benzene rings is 3. The average molecular weight is 1130 g/mol. The molecule has 0 radical (unpaired) electrons. The fourth-order valence-corrected chi connectivity index (χ4v) is 13.8. The van der Waals surface area contributed by atoms with Crippen LogP contribution in [0.25, 0.3) is 22.0 Å². The van der Waals surface area contributed by atoms with Crippen molar-refractivity contribution < 1.29 is 46.3 Å². The van der Waals surface area contributed by atoms with Crippen molar-refractivity contribution in [1.82, 2.24) is 29.5 Å². The molecule has 4 aromatic heterocycles. The van der Waals surface area contributed by atoms with E-state index in [1.807, 2.05) is 13.0 Å². The van der Waals surface area contributed by atoms with Crippen molar-refractivity contribution in [2.24, 2.45) is 11.3 Å². The van der Waals surface area contributed by atoms with Gasteiger partial charge < -0.3 is 38.9 Å². The number of ether oxygens (including phenoxy) is 3. The summed E-state index contributed by atoms with van der Waals surface area (Å²) in [5, 5.41) is 26.8. The Morgan fingerprint density at radius 1 is 0.963 bits per heavy atom. The lowest BCUT2D eigenvalue weighted by Gasteiger charge is -2.59. The Morgan fingerprint density at radius 3 is 2.46 bits per heavy atom. The molecule has 3 saturated heterocycles. The van der Waals surface area contributed by atoms with Gasteiger partial charge in [-0.1, -0.05) is 44.2 Å². The molecule has 1 saturated carbocycles. The molecule has 1 aliphatic carbocycles. The van der Waals surface area contributed by atoms with E-state index in [1.54, 1.807) is 26.2 Å². The van der Waals surface area contributed by atoms with Crippen LogP contribution in [0.15, 0.2) is 94.5 Å². The number of halogens is 1. The first-order valence-electron chi connectivity index (χ1n) is 27.9. The molecule has 19 nitrogen and oxygen atoms in total. The number of fused-ring (bicyclic) bond motifs is 2. The predicted octanol–water partition coefficient (Wildman–Crippen LogP) is 10.4. The number of hydrogen-bond acceptors (Lipinski definition) is 16. The molecule has 3 aliphatic heterocycles. The largest absolute Gasteiger partial charge is 0.493 e. The van der Waals surface area contributed by atoms with Crippen LogP contribution >= 0.6 is 0 Å². The monoisotopic (exact) mass is 1130 g/mol. The smallest absolute Gasteiger partial charge is 0.312 e. The molecule has 4 fully saturated rings. The molecule has 428 valence electrons. The maximum Gasteiger partial charge on any atom is 0.312 e. The van der Waals surface area contributed by atoms with Crippen LogP contribution in [-0.4, -0.2) is 121 Å². The number of nitro groups is 1. The number of likely N-dealkylation sites (tertiary alicyclic amines) is 2. The van der Waals surface area contributed by atoms with Crippen LogP contribution in [0.2, 0.25) is 0 Å². The van der Waals surface area contributed by atoms with E-state index in [4.69, 9.17) is 18.6 Å². The number of carbonyl (C=O) groups excluding carboxylic acids is 1. The van der Waals surface area contributed by atoms with Crippen LogP contribution in [0.5, 0.6) is 23.1 Å². The minimum atomic E-state index is -4.75. The summed E-state index contributed by atoms with van der Waals surface area (Å²) in [6, 6.07) is 22.7. The number of piperidine rings is 2. The lowest BCUT2D eigenvalue weighted by Crippen LogP contribution is -2.65. The molecular weight excluding hydrogens is 1060 g/mol. The lowest BCUT2D eigenvalue weighted by molar-refractivity contribution is -0.384. The number of aryl methyl sites for hydroxylation is 1. The number of sulfonamides is 1. The second-order valence-electron chi connectivity index (χ2n) is 23.3. The zero-order valence-electron chi connectivity index (χ0n) is 46.6. The van der Waals surface area contributed by atoms with Crippen LogP contribution in [0.4, 0.5) is 21.6 Å². The third-order valence-electron chi connectivity index (χ3n) is 17.4. The van der Waals surface area contributed by atoms with Gasteiger partial charge in [0.2, 0.25) is 5.82 Å². The van der Waals surface area contributed by atoms with Gasteiger partial charge in [-0.25, -0.2) is 22.5 Å². The molecule has 2 atom stereocenters. The molecule has 11 rings (SSSR count). The molecule has 81 heavy (non-hydrogen) atoms. The Balaban J connectivity index is 0.806. The summed E-state index contributed by atoms with van der Waals surface area (Å²) in [6.07, 6.45) is 7.57. The first-order valence-corrected chi connectivity index (χ1v) is 29.4. The van der Waals surface area contributed by atoms with Crippen LogP contribution in [-0.2, 0) is 16.6 Å². The van der Waals surface area contributed by atoms with E-state index in [1.165, 1.54) is 35.9 Å². The number of rotatable bonds is 17. The first-order chi connectivity index (χ1) is 38.8. The maximum absolute atomic E-state index is 15.0. The lowest BCUT2D eigenvalue weighted by atomic mass is 9.69. The van der Waals surface area contributed by atoms with Crippen LogP contribution < -0.4 is 29.1 Å². The summed E-state index contributed by atoms with van der Waals surface area (Å²) in [7, 11) is -1.71. The summed E-state index contributed by atoms with van der Waals surface area (Å²) in [5.74, 6) is 0.487. The number of H-pyrrole nitrogens is 1. The highest BCUT2D eigenvalue weighted by molar-refractivity contribution is 7.90. The SMILES string of the molecule is COc1nc2[nH]cc(F)c2cc1Oc1cc(N2CCC3(CC2)CN(C2CCN(Cc4ccc(OC)c5oc(C)cc45)CC2c2ccccc2C(C)C)C3)ccc1C(=O)NS(=O)(=O)c1cnc(NCC2CCC(C)(O)CC2)c([N+](=O)[O-])c1. The van der Waals surface area contributed by atoms with Gasteiger partial charge in [0.15, 0.2) is 17.1 Å². The van der Waals surface area contributed by atoms with Gasteiger partial charge in [-0.2, -0.15) is 4.98 Å². The molecule has 2 unspecified atom stereocenters. The van der Waals surface area contributed by atoms with Gasteiger partial charge in [0.25, 0.3) is 21.8 Å². The number of pyridine rings is 2. The number of nitrogens with zero attached hydrogens (tertiary/aromatic N) is 6. The zero-order chi connectivity index (χ0) is 57.0. The summed E-state index contributed by atoms with van der Waals surface area (Å²) in [4.78, 5) is 44.0. The molecule has 7 aromatic rings. The Bertz CT molecular complexity index is 3620. The van der Waals surface area contributed by atoms with Crippen LogP contribution in [0.1, 0.15) is 110 Å². The molecule has 3 aromatic carbocycles. The second kappa shape index (κ2) is 22.2. The van der Waals surface area contributed by atoms with Gasteiger partial charge in [0.1, 0.15) is 27.9 Å². The van der Waals surface area contributed by atoms with Gasteiger partial charge in [-0.05, 0) is 117 Å². The fraction of sp³-hybridized carbons (Fsp3) is 0.450. The Labute approximate surface area is 470 Å². The average Bonchev–Trinajstić information content (AvgIpc) is 4.08. The molecule has 1 amide bonds. The molecule has 0 bridgehead atoms. The third-order valence-corrected chi connectivity index (χ3v) is 18.7. The molecular formula is C60H70FN9O10S. The molecule has 4 aliphatic rings. The molecule has 1 spiro atoms. The van der Waals surface area contributed by atoms with Crippen molar-refractivity contribution in [3.63, 3.8) is 0 Å². The van der Waals surface area contributed by atoms with E-state index >= 15 is 0 Å². The fourth-order valence-electron chi connectivity index (χ4n) is 12.8. The van der Waals surface area contributed by atoms with E-state index < -0.39 is 42.9 Å². The van der Waals surface area contributed by atoms with Gasteiger partial charge in [0.05, 0.1) is 41.9 Å². The number of amides is 1. The van der Waals surface area contributed by atoms with E-state index in [-0.39, 0.29) is 51.1 Å². The Morgan fingerprint density at radius 2 is 1.73 bits per heavy atom. The predicted molar refractivity (Wildman–Crippen MR) is 306 cm³/mol. The van der Waals surface area contributed by atoms with Gasteiger partial charge in [-0.15, -0.1) is 0 Å². The summed E-state index contributed by atoms with van der Waals surface area (Å²) < 4.78 is 68.6. The number of furan rings is 1. The van der Waals surface area contributed by atoms with Crippen molar-refractivity contribution in [2.75, 3.05) is 70.2 Å². The maximum atomic E-state index is 15.0. The normalized spacial score (nSPS) is 21.5. The van der Waals surface area contributed by atoms with Crippen LogP contribution in [0.3, 0.4) is 0 Å². The van der Waals surface area contributed by atoms with Gasteiger partial charge in [0, 0.05) is 99.8 Å². The minimum absolute atomic E-state index is 0.0192. The minimum Gasteiger partial charge on any atom is -0.493 e. The summed E-state index contributed by atoms with van der Waals surface area (Å²) in [5.41, 5.74) is 4.33. The number of aromatic nitrogens is 3. The number of carbonyl (C=O) groups is 1.